The van der Waals surface area contributed by atoms with Crippen LogP contribution in [0.5, 0.6) is 5.75 Å². The summed E-state index contributed by atoms with van der Waals surface area (Å²) >= 11 is 7.80. The van der Waals surface area contributed by atoms with Crippen LogP contribution in [0.1, 0.15) is 44.4 Å². The molecule has 176 valence electrons. The molecule has 0 bridgehead atoms. The fourth-order valence-corrected chi connectivity index (χ4v) is 5.14. The van der Waals surface area contributed by atoms with Crippen LogP contribution in [-0.4, -0.2) is 23.8 Å². The number of fused-ring (bicyclic) bond motifs is 1. The van der Waals surface area contributed by atoms with E-state index in [4.69, 9.17) is 21.1 Å². The van der Waals surface area contributed by atoms with Crippen LogP contribution in [0.3, 0.4) is 0 Å². The molecule has 0 amide bonds. The molecule has 1 atom stereocenters. The summed E-state index contributed by atoms with van der Waals surface area (Å²) in [6.45, 7) is 6.33. The Kier molecular flexibility index (Phi) is 7.34. The minimum Gasteiger partial charge on any atom is -0.493 e. The molecular formula is C26H25ClN2O4S. The van der Waals surface area contributed by atoms with Crippen molar-refractivity contribution in [2.24, 2.45) is 4.99 Å². The molecular weight excluding hydrogens is 472 g/mol. The molecule has 0 unspecified atom stereocenters. The second kappa shape index (κ2) is 10.4. The molecule has 0 fully saturated rings. The topological polar surface area (TPSA) is 69.9 Å². The van der Waals surface area contributed by atoms with Gasteiger partial charge in [-0.25, -0.2) is 9.79 Å². The summed E-state index contributed by atoms with van der Waals surface area (Å²) in [5.41, 5.74) is 1.99. The molecule has 0 radical (unpaired) electrons. The largest absolute Gasteiger partial charge is 0.493 e. The lowest BCUT2D eigenvalue weighted by Crippen LogP contribution is -2.40. The van der Waals surface area contributed by atoms with Crippen LogP contribution in [0.15, 0.2) is 69.6 Å². The maximum Gasteiger partial charge on any atom is 0.338 e. The number of para-hydroxylation sites is 1. The Labute approximate surface area is 206 Å². The van der Waals surface area contributed by atoms with Gasteiger partial charge in [0.25, 0.3) is 5.56 Å². The van der Waals surface area contributed by atoms with E-state index in [0.717, 1.165) is 12.0 Å². The van der Waals surface area contributed by atoms with E-state index in [1.54, 1.807) is 19.9 Å². The Balaban J connectivity index is 1.94. The molecule has 3 aromatic rings. The standard InChI is InChI=1S/C26H25ClN2O4S/c1-4-14-33-20-13-9-6-10-17(20)15-21-24(30)29-23(18-11-7-8-12-19(18)27)22(25(31)32-5-2)16(3)28-26(29)34-21/h6-13,15,23H,4-5,14H2,1-3H3/b21-15-/t23-/m0/s1. The van der Waals surface area contributed by atoms with Crippen molar-refractivity contribution in [3.05, 3.63) is 95.6 Å². The van der Waals surface area contributed by atoms with Gasteiger partial charge in [-0.1, -0.05) is 66.3 Å². The first-order chi connectivity index (χ1) is 16.5. The highest BCUT2D eigenvalue weighted by molar-refractivity contribution is 7.07. The number of hydrogen-bond donors (Lipinski definition) is 0. The third-order valence-electron chi connectivity index (χ3n) is 5.38. The number of rotatable bonds is 7. The van der Waals surface area contributed by atoms with Gasteiger partial charge in [0.15, 0.2) is 4.80 Å². The summed E-state index contributed by atoms with van der Waals surface area (Å²) in [6, 6.07) is 14.0. The summed E-state index contributed by atoms with van der Waals surface area (Å²) in [7, 11) is 0. The predicted octanol–water partition coefficient (Wildman–Crippen LogP) is 4.24. The Morgan fingerprint density at radius 2 is 1.91 bits per heavy atom. The van der Waals surface area contributed by atoms with E-state index < -0.39 is 12.0 Å². The number of ether oxygens (including phenoxy) is 2. The minimum atomic E-state index is -0.738. The molecule has 8 heteroatoms. The van der Waals surface area contributed by atoms with E-state index in [0.29, 0.717) is 43.5 Å². The summed E-state index contributed by atoms with van der Waals surface area (Å²) in [6.07, 6.45) is 2.69. The molecule has 34 heavy (non-hydrogen) atoms. The van der Waals surface area contributed by atoms with Crippen molar-refractivity contribution in [2.45, 2.75) is 33.2 Å². The molecule has 1 aliphatic heterocycles. The van der Waals surface area contributed by atoms with Crippen LogP contribution in [0, 0.1) is 0 Å². The van der Waals surface area contributed by atoms with Crippen molar-refractivity contribution in [1.82, 2.24) is 4.57 Å². The average Bonchev–Trinajstić information content (AvgIpc) is 3.12. The summed E-state index contributed by atoms with van der Waals surface area (Å²) in [5, 5.41) is 0.455. The summed E-state index contributed by atoms with van der Waals surface area (Å²) in [4.78, 5) is 31.7. The first-order valence-electron chi connectivity index (χ1n) is 11.1. The van der Waals surface area contributed by atoms with E-state index in [1.807, 2.05) is 55.5 Å². The van der Waals surface area contributed by atoms with Gasteiger partial charge in [0.2, 0.25) is 0 Å². The molecule has 2 aromatic carbocycles. The quantitative estimate of drug-likeness (QED) is 0.459. The van der Waals surface area contributed by atoms with Crippen LogP contribution < -0.4 is 19.6 Å². The number of hydrogen-bond acceptors (Lipinski definition) is 6. The first-order valence-corrected chi connectivity index (χ1v) is 12.3. The van der Waals surface area contributed by atoms with E-state index >= 15 is 0 Å². The van der Waals surface area contributed by atoms with Crippen molar-refractivity contribution in [3.8, 4) is 5.75 Å². The van der Waals surface area contributed by atoms with E-state index in [9.17, 15) is 9.59 Å². The number of carbonyl (C=O) groups excluding carboxylic acids is 1. The average molecular weight is 497 g/mol. The Bertz CT molecular complexity index is 1440. The van der Waals surface area contributed by atoms with Crippen LogP contribution in [0.4, 0.5) is 0 Å². The number of carbonyl (C=O) groups is 1. The van der Waals surface area contributed by atoms with E-state index in [-0.39, 0.29) is 12.2 Å². The van der Waals surface area contributed by atoms with E-state index in [2.05, 4.69) is 4.99 Å². The van der Waals surface area contributed by atoms with Gasteiger partial charge in [-0.15, -0.1) is 0 Å². The SMILES string of the molecule is CCCOc1ccccc1/C=c1\sc2n(c1=O)[C@@H](c1ccccc1Cl)C(C(=O)OCC)=C(C)N=2. The normalized spacial score (nSPS) is 15.6. The van der Waals surface area contributed by atoms with Gasteiger partial charge < -0.3 is 9.47 Å². The first kappa shape index (κ1) is 24.0. The molecule has 2 heterocycles. The minimum absolute atomic E-state index is 0.212. The third-order valence-corrected chi connectivity index (χ3v) is 6.71. The van der Waals surface area contributed by atoms with Gasteiger partial charge in [-0.2, -0.15) is 0 Å². The second-order valence-electron chi connectivity index (χ2n) is 7.71. The van der Waals surface area contributed by atoms with E-state index in [1.165, 1.54) is 15.9 Å². The smallest absolute Gasteiger partial charge is 0.338 e. The number of esters is 1. The molecule has 0 saturated carbocycles. The zero-order valence-corrected chi connectivity index (χ0v) is 20.8. The fourth-order valence-electron chi connectivity index (χ4n) is 3.87. The third kappa shape index (κ3) is 4.58. The number of allylic oxidation sites excluding steroid dienone is 1. The molecule has 0 saturated heterocycles. The molecule has 1 aliphatic rings. The van der Waals surface area contributed by atoms with Crippen LogP contribution >= 0.6 is 22.9 Å². The van der Waals surface area contributed by atoms with Gasteiger partial charge in [0, 0.05) is 10.6 Å². The summed E-state index contributed by atoms with van der Waals surface area (Å²) in [5.74, 6) is 0.197. The molecule has 0 spiro atoms. The zero-order valence-electron chi connectivity index (χ0n) is 19.2. The Morgan fingerprint density at radius 1 is 1.18 bits per heavy atom. The second-order valence-corrected chi connectivity index (χ2v) is 9.13. The maximum atomic E-state index is 13.7. The van der Waals surface area contributed by atoms with Crippen LogP contribution in [0.2, 0.25) is 5.02 Å². The lowest BCUT2D eigenvalue weighted by atomic mass is 9.96. The van der Waals surface area contributed by atoms with Gasteiger partial charge in [-0.05, 0) is 44.0 Å². The van der Waals surface area contributed by atoms with Gasteiger partial charge in [0.05, 0.1) is 29.0 Å². The highest BCUT2D eigenvalue weighted by atomic mass is 35.5. The fraction of sp³-hybridized carbons (Fsp3) is 0.269. The van der Waals surface area contributed by atoms with Gasteiger partial charge >= 0.3 is 5.97 Å². The summed E-state index contributed by atoms with van der Waals surface area (Å²) < 4.78 is 13.2. The predicted molar refractivity (Wildman–Crippen MR) is 134 cm³/mol. The van der Waals surface area contributed by atoms with Gasteiger partial charge in [-0.3, -0.25) is 9.36 Å². The van der Waals surface area contributed by atoms with Crippen molar-refractivity contribution in [1.29, 1.82) is 0 Å². The molecule has 0 aliphatic carbocycles. The number of benzene rings is 2. The number of halogens is 1. The molecule has 6 nitrogen and oxygen atoms in total. The van der Waals surface area contributed by atoms with Crippen molar-refractivity contribution in [2.75, 3.05) is 13.2 Å². The number of thiazole rings is 1. The molecule has 1 aromatic heterocycles. The van der Waals surface area contributed by atoms with Crippen molar-refractivity contribution in [3.63, 3.8) is 0 Å². The lowest BCUT2D eigenvalue weighted by Gasteiger charge is -2.25. The molecule has 0 N–H and O–H groups in total. The monoisotopic (exact) mass is 496 g/mol. The van der Waals surface area contributed by atoms with Crippen LogP contribution in [-0.2, 0) is 9.53 Å². The van der Waals surface area contributed by atoms with Crippen LogP contribution in [0.25, 0.3) is 6.08 Å². The van der Waals surface area contributed by atoms with Crippen molar-refractivity contribution < 1.29 is 14.3 Å². The number of aromatic nitrogens is 1. The Morgan fingerprint density at radius 3 is 2.65 bits per heavy atom. The maximum absolute atomic E-state index is 13.7. The highest BCUT2D eigenvalue weighted by Gasteiger charge is 2.34. The van der Waals surface area contributed by atoms with Crippen molar-refractivity contribution >= 4 is 35.0 Å². The lowest BCUT2D eigenvalue weighted by molar-refractivity contribution is -0.139. The highest BCUT2D eigenvalue weighted by Crippen LogP contribution is 2.34. The zero-order chi connectivity index (χ0) is 24.2. The molecule has 4 rings (SSSR count). The van der Waals surface area contributed by atoms with Gasteiger partial charge in [0.1, 0.15) is 11.8 Å². The number of nitrogens with zero attached hydrogens (tertiary/aromatic N) is 2. The Hall–Kier alpha value is -3.16.